The summed E-state index contributed by atoms with van der Waals surface area (Å²) in [6.07, 6.45) is 3.75. The lowest BCUT2D eigenvalue weighted by Gasteiger charge is -2.14. The van der Waals surface area contributed by atoms with Crippen molar-refractivity contribution in [3.63, 3.8) is 0 Å². The highest BCUT2D eigenvalue weighted by molar-refractivity contribution is 9.14. The van der Waals surface area contributed by atoms with Crippen molar-refractivity contribution < 1.29 is 13.6 Å². The van der Waals surface area contributed by atoms with Gasteiger partial charge in [-0.05, 0) is 56.2 Å². The van der Waals surface area contributed by atoms with Gasteiger partial charge in [0, 0.05) is 24.9 Å². The highest BCUT2D eigenvalue weighted by Crippen LogP contribution is 2.35. The van der Waals surface area contributed by atoms with Crippen LogP contribution in [0.5, 0.6) is 0 Å². The largest absolute Gasteiger partial charge is 0.313 e. The molecule has 0 bridgehead atoms. The Balaban J connectivity index is 0.000000485. The molecular weight excluding hydrogens is 424 g/mol. The number of aryl methyl sites for hydroxylation is 1. The molecule has 1 aromatic heterocycles. The van der Waals surface area contributed by atoms with Crippen molar-refractivity contribution in [2.45, 2.75) is 53.0 Å². The molecule has 1 N–H and O–H groups in total. The molecule has 0 radical (unpaired) electrons. The van der Waals surface area contributed by atoms with Gasteiger partial charge in [-0.2, -0.15) is 13.9 Å². The van der Waals surface area contributed by atoms with Gasteiger partial charge in [-0.25, -0.2) is 0 Å². The summed E-state index contributed by atoms with van der Waals surface area (Å²) < 4.78 is 27.6. The van der Waals surface area contributed by atoms with Crippen molar-refractivity contribution in [1.29, 1.82) is 0 Å². The van der Waals surface area contributed by atoms with Gasteiger partial charge in [0.1, 0.15) is 11.4 Å². The second-order valence-electron chi connectivity index (χ2n) is 5.80. The number of halogens is 3. The fourth-order valence-electron chi connectivity index (χ4n) is 1.68. The number of aromatic nitrogens is 2. The number of nitrogens with one attached hydrogen (secondary N) is 1. The molecular formula is C18H28BrF2N3OS. The lowest BCUT2D eigenvalue weighted by molar-refractivity contribution is 0.0122. The Morgan fingerprint density at radius 2 is 2.12 bits per heavy atom. The molecule has 0 amide bonds. The predicted octanol–water partition coefficient (Wildman–Crippen LogP) is 5.61. The van der Waals surface area contributed by atoms with Crippen LogP contribution in [-0.2, 0) is 13.0 Å². The zero-order chi connectivity index (χ0) is 20.5. The minimum atomic E-state index is -2.99. The van der Waals surface area contributed by atoms with Gasteiger partial charge in [-0.15, -0.1) is 0 Å². The van der Waals surface area contributed by atoms with Crippen LogP contribution in [0.4, 0.5) is 8.78 Å². The Hall–Kier alpha value is -0.990. The molecule has 26 heavy (non-hydrogen) atoms. The molecule has 0 aromatic carbocycles. The van der Waals surface area contributed by atoms with Crippen molar-refractivity contribution in [2.24, 2.45) is 7.05 Å². The maximum atomic E-state index is 12.6. The summed E-state index contributed by atoms with van der Waals surface area (Å²) in [5.74, 6) is -2.99. The van der Waals surface area contributed by atoms with Crippen LogP contribution >= 0.6 is 27.7 Å². The zero-order valence-corrected chi connectivity index (χ0v) is 18.8. The van der Waals surface area contributed by atoms with Gasteiger partial charge in [-0.3, -0.25) is 9.48 Å². The summed E-state index contributed by atoms with van der Waals surface area (Å²) in [5.41, 5.74) is 1.16. The Bertz CT molecular complexity index is 651. The van der Waals surface area contributed by atoms with Crippen LogP contribution in [0.3, 0.4) is 0 Å². The number of carbonyl (C=O) groups is 1. The molecule has 8 heteroatoms. The summed E-state index contributed by atoms with van der Waals surface area (Å²) >= 11 is 5.42. The molecule has 4 nitrogen and oxygen atoms in total. The first-order chi connectivity index (χ1) is 12.0. The van der Waals surface area contributed by atoms with E-state index >= 15 is 0 Å². The molecule has 0 aliphatic rings. The Morgan fingerprint density at radius 3 is 2.42 bits per heavy atom. The van der Waals surface area contributed by atoms with Crippen LogP contribution in [0.1, 0.15) is 57.2 Å². The molecule has 0 fully saturated rings. The smallest absolute Gasteiger partial charge is 0.288 e. The van der Waals surface area contributed by atoms with Crippen molar-refractivity contribution >= 4 is 34.0 Å². The number of likely N-dealkylation sites (N-methyl/N-ethyl adjacent to an activating group) is 1. The average molecular weight is 452 g/mol. The average Bonchev–Trinajstić information content (AvgIpc) is 2.99. The number of thioether (sulfide) groups is 1. The minimum absolute atomic E-state index is 0.145. The number of aldehydes is 1. The first kappa shape index (κ1) is 25.0. The van der Waals surface area contributed by atoms with E-state index in [0.717, 1.165) is 24.1 Å². The van der Waals surface area contributed by atoms with Gasteiger partial charge in [0.05, 0.1) is 3.81 Å². The van der Waals surface area contributed by atoms with Crippen molar-refractivity contribution in [2.75, 3.05) is 7.05 Å². The van der Waals surface area contributed by atoms with Crippen LogP contribution in [-0.4, -0.2) is 29.2 Å². The lowest BCUT2D eigenvalue weighted by atomic mass is 10.2. The Labute approximate surface area is 167 Å². The first-order valence-corrected chi connectivity index (χ1v) is 9.86. The maximum absolute atomic E-state index is 12.6. The van der Waals surface area contributed by atoms with E-state index in [4.69, 9.17) is 0 Å². The fraction of sp³-hybridized carbons (Fsp3) is 0.556. The molecule has 1 heterocycles. The van der Waals surface area contributed by atoms with Crippen LogP contribution < -0.4 is 5.32 Å². The van der Waals surface area contributed by atoms with E-state index in [-0.39, 0.29) is 11.4 Å². The molecule has 0 aliphatic carbocycles. The molecule has 1 unspecified atom stereocenters. The second-order valence-corrected chi connectivity index (χ2v) is 8.20. The van der Waals surface area contributed by atoms with Gasteiger partial charge >= 0.3 is 0 Å². The monoisotopic (exact) mass is 451 g/mol. The molecule has 0 aliphatic heterocycles. The summed E-state index contributed by atoms with van der Waals surface area (Å²) in [4.78, 5) is 11.6. The Morgan fingerprint density at radius 1 is 1.54 bits per heavy atom. The summed E-state index contributed by atoms with van der Waals surface area (Å²) in [6.45, 7) is 9.33. The van der Waals surface area contributed by atoms with Gasteiger partial charge in [0.15, 0.2) is 6.29 Å². The van der Waals surface area contributed by atoms with E-state index in [2.05, 4.69) is 60.1 Å². The van der Waals surface area contributed by atoms with E-state index in [1.807, 2.05) is 7.05 Å². The number of rotatable bonds is 7. The van der Waals surface area contributed by atoms with E-state index < -0.39 is 5.92 Å². The van der Waals surface area contributed by atoms with Gasteiger partial charge in [0.2, 0.25) is 0 Å². The molecule has 0 saturated carbocycles. The van der Waals surface area contributed by atoms with Gasteiger partial charge in [-0.1, -0.05) is 30.3 Å². The quantitative estimate of drug-likeness (QED) is 0.547. The normalized spacial score (nSPS) is 14.3. The van der Waals surface area contributed by atoms with E-state index in [1.54, 1.807) is 11.8 Å². The highest BCUT2D eigenvalue weighted by atomic mass is 79.9. The number of alkyl halides is 2. The first-order valence-electron chi connectivity index (χ1n) is 8.25. The highest BCUT2D eigenvalue weighted by Gasteiger charge is 2.28. The molecule has 1 aromatic rings. The molecule has 148 valence electrons. The number of hydrogen-bond donors (Lipinski definition) is 1. The SMILES string of the molecule is C/C=C(\SC(Br)=C(C)CC)C(C)NC.Cn1nc(C(C)(F)F)cc1C=O. The second kappa shape index (κ2) is 11.7. The standard InChI is InChI=1S/C11H20BrNS.C7H8F2N2O/c1-6-8(3)11(12)14-10(7-2)9(4)13-5;1-7(8,9)6-3-5(4-12)11(2)10-6/h7,9,13H,6H2,1-5H3;3-4H,1-2H3/b10-7-,11-8?;. The number of hydrogen-bond acceptors (Lipinski definition) is 4. The number of allylic oxidation sites excluding steroid dienone is 2. The van der Waals surface area contributed by atoms with Crippen molar-refractivity contribution in [3.05, 3.63) is 37.8 Å². The van der Waals surface area contributed by atoms with Crippen LogP contribution in [0.15, 0.2) is 26.4 Å². The maximum Gasteiger partial charge on any atom is 0.288 e. The summed E-state index contributed by atoms with van der Waals surface area (Å²) in [5, 5.41) is 6.73. The van der Waals surface area contributed by atoms with Crippen LogP contribution in [0.25, 0.3) is 0 Å². The third kappa shape index (κ3) is 8.14. The van der Waals surface area contributed by atoms with E-state index in [0.29, 0.717) is 12.3 Å². The van der Waals surface area contributed by atoms with Crippen molar-refractivity contribution in [1.82, 2.24) is 15.1 Å². The molecule has 1 rings (SSSR count). The number of nitrogens with zero attached hydrogens (tertiary/aromatic N) is 2. The molecule has 0 spiro atoms. The van der Waals surface area contributed by atoms with Crippen molar-refractivity contribution in [3.8, 4) is 0 Å². The van der Waals surface area contributed by atoms with E-state index in [1.165, 1.54) is 21.3 Å². The summed E-state index contributed by atoms with van der Waals surface area (Å²) in [6, 6.07) is 1.50. The van der Waals surface area contributed by atoms with E-state index in [9.17, 15) is 13.6 Å². The van der Waals surface area contributed by atoms with Crippen LogP contribution in [0, 0.1) is 0 Å². The predicted molar refractivity (Wildman–Crippen MR) is 110 cm³/mol. The molecule has 0 saturated heterocycles. The third-order valence-corrected chi connectivity index (χ3v) is 6.22. The van der Waals surface area contributed by atoms with Gasteiger partial charge < -0.3 is 5.32 Å². The number of carbonyl (C=O) groups excluding carboxylic acids is 1. The third-order valence-electron chi connectivity index (χ3n) is 3.70. The van der Waals surface area contributed by atoms with Gasteiger partial charge in [0.25, 0.3) is 5.92 Å². The topological polar surface area (TPSA) is 46.9 Å². The Kier molecular flexibility index (Phi) is 11.2. The minimum Gasteiger partial charge on any atom is -0.313 e. The van der Waals surface area contributed by atoms with Crippen LogP contribution in [0.2, 0.25) is 0 Å². The lowest BCUT2D eigenvalue weighted by Crippen LogP contribution is -2.22. The zero-order valence-electron chi connectivity index (χ0n) is 16.4. The fourth-order valence-corrected chi connectivity index (χ4v) is 3.45. The molecule has 1 atom stereocenters. The summed E-state index contributed by atoms with van der Waals surface area (Å²) in [7, 11) is 3.43.